The van der Waals surface area contributed by atoms with Crippen molar-refractivity contribution in [3.05, 3.63) is 107 Å². The largest absolute Gasteiger partial charge is 0.359 e. The molecule has 2 heteroatoms. The van der Waals surface area contributed by atoms with Crippen LogP contribution in [0.1, 0.15) is 40.2 Å². The van der Waals surface area contributed by atoms with E-state index in [4.69, 9.17) is 4.74 Å². The summed E-state index contributed by atoms with van der Waals surface area (Å²) in [7, 11) is 0. The van der Waals surface area contributed by atoms with Gasteiger partial charge in [0.15, 0.2) is 0 Å². The number of hydrogen-bond donors (Lipinski definition) is 1. The first-order valence-corrected chi connectivity index (χ1v) is 9.16. The highest BCUT2D eigenvalue weighted by Crippen LogP contribution is 2.43. The Morgan fingerprint density at radius 1 is 0.808 bits per heavy atom. The van der Waals surface area contributed by atoms with E-state index in [1.807, 2.05) is 0 Å². The van der Waals surface area contributed by atoms with Crippen molar-refractivity contribution in [2.24, 2.45) is 0 Å². The molecule has 0 saturated heterocycles. The van der Waals surface area contributed by atoms with Crippen LogP contribution in [0.3, 0.4) is 0 Å². The highest BCUT2D eigenvalue weighted by Gasteiger charge is 2.32. The summed E-state index contributed by atoms with van der Waals surface area (Å²) in [4.78, 5) is 3.62. The van der Waals surface area contributed by atoms with E-state index in [1.54, 1.807) is 0 Å². The molecule has 1 aliphatic rings. The number of nitrogens with one attached hydrogen (secondary N) is 1. The number of ether oxygens (including phenoxy) is 1. The maximum atomic E-state index is 6.62. The fourth-order valence-electron chi connectivity index (χ4n) is 3.98. The van der Waals surface area contributed by atoms with Crippen molar-refractivity contribution in [3.63, 3.8) is 0 Å². The number of aromatic nitrogens is 1. The summed E-state index contributed by atoms with van der Waals surface area (Å²) in [5.74, 6) is 0. The average Bonchev–Trinajstić information content (AvgIpc) is 3.07. The standard InChI is InChI=1S/C24H21NO/c1-16-11-13-17(14-12-16)22-15-20-19-9-5-6-10-21(19)25-23(20)24(26-22)18-7-3-2-4-8-18/h2-14,22,24-25H,15H2,1H3/t22-,24-/m0/s1. The number of fused-ring (bicyclic) bond motifs is 3. The molecule has 2 heterocycles. The van der Waals surface area contributed by atoms with E-state index >= 15 is 0 Å². The van der Waals surface area contributed by atoms with Gasteiger partial charge in [-0.3, -0.25) is 0 Å². The van der Waals surface area contributed by atoms with Gasteiger partial charge in [0.05, 0.1) is 11.8 Å². The van der Waals surface area contributed by atoms with Crippen LogP contribution in [-0.4, -0.2) is 4.98 Å². The first-order chi connectivity index (χ1) is 12.8. The molecule has 0 fully saturated rings. The van der Waals surface area contributed by atoms with Crippen LogP contribution in [0.5, 0.6) is 0 Å². The van der Waals surface area contributed by atoms with E-state index in [-0.39, 0.29) is 12.2 Å². The number of aromatic amines is 1. The molecule has 0 saturated carbocycles. The van der Waals surface area contributed by atoms with Crippen LogP contribution < -0.4 is 0 Å². The van der Waals surface area contributed by atoms with Gasteiger partial charge in [0, 0.05) is 17.3 Å². The first kappa shape index (κ1) is 15.4. The van der Waals surface area contributed by atoms with Gasteiger partial charge in [-0.1, -0.05) is 78.4 Å². The Morgan fingerprint density at radius 2 is 1.54 bits per heavy atom. The van der Waals surface area contributed by atoms with Crippen molar-refractivity contribution in [3.8, 4) is 0 Å². The van der Waals surface area contributed by atoms with Gasteiger partial charge in [-0.05, 0) is 29.7 Å². The van der Waals surface area contributed by atoms with Crippen LogP contribution in [-0.2, 0) is 11.2 Å². The minimum atomic E-state index is -0.0707. The molecule has 0 aliphatic carbocycles. The molecule has 1 N–H and O–H groups in total. The molecular weight excluding hydrogens is 318 g/mol. The summed E-state index contributed by atoms with van der Waals surface area (Å²) in [6, 6.07) is 27.8. The van der Waals surface area contributed by atoms with Gasteiger partial charge in [-0.2, -0.15) is 0 Å². The molecule has 2 nitrogen and oxygen atoms in total. The predicted octanol–water partition coefficient (Wildman–Crippen LogP) is 5.88. The molecule has 0 spiro atoms. The molecule has 0 radical (unpaired) electrons. The lowest BCUT2D eigenvalue weighted by Gasteiger charge is -2.31. The second-order valence-corrected chi connectivity index (χ2v) is 7.09. The molecule has 0 unspecified atom stereocenters. The number of hydrogen-bond acceptors (Lipinski definition) is 1. The van der Waals surface area contributed by atoms with Crippen molar-refractivity contribution < 1.29 is 4.74 Å². The number of aryl methyl sites for hydroxylation is 1. The SMILES string of the molecule is Cc1ccc([C@@H]2Cc3c([nH]c4ccccc34)[C@H](c3ccccc3)O2)cc1. The third kappa shape index (κ3) is 2.54. The first-order valence-electron chi connectivity index (χ1n) is 9.16. The fourth-order valence-corrected chi connectivity index (χ4v) is 3.98. The summed E-state index contributed by atoms with van der Waals surface area (Å²) >= 11 is 0. The van der Waals surface area contributed by atoms with E-state index in [1.165, 1.54) is 38.9 Å². The van der Waals surface area contributed by atoms with Crippen molar-refractivity contribution in [2.75, 3.05) is 0 Å². The van der Waals surface area contributed by atoms with Crippen molar-refractivity contribution in [2.45, 2.75) is 25.6 Å². The highest BCUT2D eigenvalue weighted by atomic mass is 16.5. The topological polar surface area (TPSA) is 25.0 Å². The molecule has 0 bridgehead atoms. The highest BCUT2D eigenvalue weighted by molar-refractivity contribution is 5.85. The summed E-state index contributed by atoms with van der Waals surface area (Å²) in [6.45, 7) is 2.12. The summed E-state index contributed by atoms with van der Waals surface area (Å²) in [5, 5.41) is 1.31. The van der Waals surface area contributed by atoms with Crippen LogP contribution in [0.2, 0.25) is 0 Å². The maximum Gasteiger partial charge on any atom is 0.123 e. The van der Waals surface area contributed by atoms with E-state index in [0.29, 0.717) is 0 Å². The van der Waals surface area contributed by atoms with Gasteiger partial charge in [0.2, 0.25) is 0 Å². The third-order valence-electron chi connectivity index (χ3n) is 5.35. The maximum absolute atomic E-state index is 6.62. The molecule has 26 heavy (non-hydrogen) atoms. The molecule has 4 aromatic rings. The third-order valence-corrected chi connectivity index (χ3v) is 5.35. The second kappa shape index (κ2) is 6.15. The molecule has 3 aromatic carbocycles. The number of rotatable bonds is 2. The Bertz CT molecular complexity index is 1050. The fraction of sp³-hybridized carbons (Fsp3) is 0.167. The van der Waals surface area contributed by atoms with Crippen LogP contribution in [0.15, 0.2) is 78.9 Å². The smallest absolute Gasteiger partial charge is 0.123 e. The van der Waals surface area contributed by atoms with Gasteiger partial charge in [-0.15, -0.1) is 0 Å². The lowest BCUT2D eigenvalue weighted by Crippen LogP contribution is -2.21. The normalized spacial score (nSPS) is 19.4. The van der Waals surface area contributed by atoms with E-state index in [9.17, 15) is 0 Å². The van der Waals surface area contributed by atoms with E-state index in [0.717, 1.165) is 6.42 Å². The van der Waals surface area contributed by atoms with Gasteiger partial charge < -0.3 is 9.72 Å². The zero-order valence-corrected chi connectivity index (χ0v) is 14.8. The summed E-state index contributed by atoms with van der Waals surface area (Å²) in [5.41, 5.74) is 7.47. The Balaban J connectivity index is 1.66. The van der Waals surface area contributed by atoms with Crippen molar-refractivity contribution >= 4 is 10.9 Å². The molecular formula is C24H21NO. The lowest BCUT2D eigenvalue weighted by molar-refractivity contribution is -0.00701. The van der Waals surface area contributed by atoms with Crippen LogP contribution in [0, 0.1) is 6.92 Å². The zero-order valence-electron chi connectivity index (χ0n) is 14.8. The molecule has 0 amide bonds. The predicted molar refractivity (Wildman–Crippen MR) is 105 cm³/mol. The van der Waals surface area contributed by atoms with Crippen LogP contribution >= 0.6 is 0 Å². The van der Waals surface area contributed by atoms with E-state index in [2.05, 4.69) is 90.8 Å². The average molecular weight is 339 g/mol. The van der Waals surface area contributed by atoms with E-state index < -0.39 is 0 Å². The molecule has 1 aromatic heterocycles. The van der Waals surface area contributed by atoms with Gasteiger partial charge >= 0.3 is 0 Å². The quantitative estimate of drug-likeness (QED) is 0.485. The molecule has 2 atom stereocenters. The Labute approximate surface area is 153 Å². The Morgan fingerprint density at radius 3 is 2.35 bits per heavy atom. The second-order valence-electron chi connectivity index (χ2n) is 7.09. The lowest BCUT2D eigenvalue weighted by atomic mass is 9.91. The Kier molecular flexibility index (Phi) is 3.65. The van der Waals surface area contributed by atoms with Crippen LogP contribution in [0.25, 0.3) is 10.9 Å². The van der Waals surface area contributed by atoms with Gasteiger partial charge in [0.25, 0.3) is 0 Å². The van der Waals surface area contributed by atoms with Crippen molar-refractivity contribution in [1.29, 1.82) is 0 Å². The number of benzene rings is 3. The molecule has 5 rings (SSSR count). The Hall–Kier alpha value is -2.84. The molecule has 1 aliphatic heterocycles. The van der Waals surface area contributed by atoms with Gasteiger partial charge in [0.1, 0.15) is 6.10 Å². The zero-order chi connectivity index (χ0) is 17.5. The number of para-hydroxylation sites is 1. The minimum Gasteiger partial charge on any atom is -0.359 e. The van der Waals surface area contributed by atoms with Crippen LogP contribution in [0.4, 0.5) is 0 Å². The monoisotopic (exact) mass is 339 g/mol. The summed E-state index contributed by atoms with van der Waals surface area (Å²) in [6.07, 6.45) is 0.886. The number of H-pyrrole nitrogens is 1. The molecule has 128 valence electrons. The minimum absolute atomic E-state index is 0.0625. The van der Waals surface area contributed by atoms with Gasteiger partial charge in [-0.25, -0.2) is 0 Å². The van der Waals surface area contributed by atoms with Crippen molar-refractivity contribution in [1.82, 2.24) is 4.98 Å². The summed E-state index contributed by atoms with van der Waals surface area (Å²) < 4.78 is 6.62.